The van der Waals surface area contributed by atoms with Crippen LogP contribution in [0.5, 0.6) is 0 Å². The van der Waals surface area contributed by atoms with Gasteiger partial charge in [-0.25, -0.2) is 9.59 Å². The molecule has 1 saturated heterocycles. The van der Waals surface area contributed by atoms with Gasteiger partial charge in [-0.2, -0.15) is 0 Å². The number of ketones is 1. The number of carbonyl (C=O) groups excluding carboxylic acids is 4. The van der Waals surface area contributed by atoms with Crippen LogP contribution in [0.25, 0.3) is 0 Å². The molecule has 0 aromatic heterocycles. The van der Waals surface area contributed by atoms with Crippen LogP contribution >= 0.6 is 0 Å². The zero-order valence-corrected chi connectivity index (χ0v) is 33.6. The number of allylic oxidation sites excluding steroid dienone is 1. The van der Waals surface area contributed by atoms with Gasteiger partial charge in [-0.1, -0.05) is 110 Å². The van der Waals surface area contributed by atoms with Crippen molar-refractivity contribution in [3.8, 4) is 0 Å². The van der Waals surface area contributed by atoms with E-state index < -0.39 is 86.6 Å². The normalized spacial score (nSPS) is 36.9. The number of benzene rings is 2. The summed E-state index contributed by atoms with van der Waals surface area (Å²) in [6, 6.07) is 15.7. The summed E-state index contributed by atoms with van der Waals surface area (Å²) in [6.45, 7) is 26.6. The molecule has 11 heteroatoms. The quantitative estimate of drug-likeness (QED) is 0.178. The van der Waals surface area contributed by atoms with Gasteiger partial charge in [-0.3, -0.25) is 9.59 Å². The average Bonchev–Trinajstić information content (AvgIpc) is 3.14. The van der Waals surface area contributed by atoms with Crippen LogP contribution in [0.1, 0.15) is 90.2 Å². The van der Waals surface area contributed by atoms with Crippen LogP contribution in [0.4, 0.5) is 0 Å². The summed E-state index contributed by atoms with van der Waals surface area (Å²) in [5, 5.41) is 25.4. The van der Waals surface area contributed by atoms with Crippen LogP contribution in [0, 0.1) is 27.6 Å². The Morgan fingerprint density at radius 3 is 1.98 bits per heavy atom. The number of esters is 3. The van der Waals surface area contributed by atoms with Gasteiger partial charge in [0.2, 0.25) is 0 Å². The van der Waals surface area contributed by atoms with Gasteiger partial charge in [0.15, 0.2) is 17.5 Å². The molecule has 5 unspecified atom stereocenters. The number of carbonyl (C=O) groups is 4. The van der Waals surface area contributed by atoms with E-state index in [9.17, 15) is 24.6 Å². The second-order valence-electron chi connectivity index (χ2n) is 17.9. The average molecular weight is 770 g/mol. The first kappa shape index (κ1) is 41.2. The molecular formula is C45H55NO10. The third-order valence-electron chi connectivity index (χ3n) is 14.9. The highest BCUT2D eigenvalue weighted by atomic mass is 16.6. The Bertz CT molecular complexity index is 2010. The number of aliphatic hydroxyl groups is 2. The lowest BCUT2D eigenvalue weighted by Crippen LogP contribution is -2.80. The summed E-state index contributed by atoms with van der Waals surface area (Å²) in [4.78, 5) is 56.7. The van der Waals surface area contributed by atoms with E-state index in [4.69, 9.17) is 24.7 Å². The van der Waals surface area contributed by atoms with Crippen molar-refractivity contribution in [3.05, 3.63) is 108 Å². The highest BCUT2D eigenvalue weighted by Crippen LogP contribution is 2.74. The van der Waals surface area contributed by atoms with E-state index in [1.165, 1.54) is 6.92 Å². The number of fused-ring (bicyclic) bond motifs is 5. The molecule has 2 aromatic carbocycles. The summed E-state index contributed by atoms with van der Waals surface area (Å²) in [6.07, 6.45) is -4.93. The molecule has 0 amide bonds. The molecule has 3 saturated carbocycles. The SMILES string of the molecule is C=C1C(=C)[C@@]2(C)CC(=O)C(=C)[C@@]3(C)C(C)(C)C(C)(OC(=O)C(O)C(N)c4ccccc4)C[C@@](O)(C(OC(=O)c4ccccc4)C2[C@]2(OC(C)=O)CO[C@H]12)C3(C)C. The maximum Gasteiger partial charge on any atom is 0.338 e. The van der Waals surface area contributed by atoms with Crippen molar-refractivity contribution in [2.45, 2.75) is 109 Å². The maximum atomic E-state index is 15.0. The number of rotatable bonds is 7. The van der Waals surface area contributed by atoms with Gasteiger partial charge in [0.1, 0.15) is 23.4 Å². The van der Waals surface area contributed by atoms with Crippen LogP contribution in [-0.2, 0) is 33.3 Å². The minimum absolute atomic E-state index is 0.136. The van der Waals surface area contributed by atoms with Crippen LogP contribution in [0.2, 0.25) is 0 Å². The van der Waals surface area contributed by atoms with E-state index in [-0.39, 0.29) is 36.4 Å². The lowest BCUT2D eigenvalue weighted by molar-refractivity contribution is -0.339. The Kier molecular flexibility index (Phi) is 9.81. The number of Topliss-reactive ketones (excluding diaryl/α,β-unsaturated/α-hetero) is 1. The molecule has 4 fully saturated rings. The van der Waals surface area contributed by atoms with Gasteiger partial charge in [0.25, 0.3) is 0 Å². The smallest absolute Gasteiger partial charge is 0.338 e. The van der Waals surface area contributed by atoms with E-state index in [0.717, 1.165) is 0 Å². The van der Waals surface area contributed by atoms with E-state index in [1.54, 1.807) is 95.3 Å². The van der Waals surface area contributed by atoms with E-state index >= 15 is 4.79 Å². The number of aliphatic hydroxyl groups excluding tert-OH is 1. The van der Waals surface area contributed by atoms with Gasteiger partial charge in [0.05, 0.1) is 24.1 Å². The van der Waals surface area contributed by atoms with Crippen molar-refractivity contribution in [2.75, 3.05) is 6.61 Å². The predicted octanol–water partition coefficient (Wildman–Crippen LogP) is 5.75. The van der Waals surface area contributed by atoms with Crippen molar-refractivity contribution in [2.24, 2.45) is 33.3 Å². The van der Waals surface area contributed by atoms with Crippen molar-refractivity contribution >= 4 is 23.7 Å². The van der Waals surface area contributed by atoms with Gasteiger partial charge >= 0.3 is 17.9 Å². The fourth-order valence-corrected chi connectivity index (χ4v) is 10.7. The highest BCUT2D eigenvalue weighted by Gasteiger charge is 2.81. The summed E-state index contributed by atoms with van der Waals surface area (Å²) in [5.41, 5.74) is -2.86. The molecular weight excluding hydrogens is 714 g/mol. The monoisotopic (exact) mass is 769 g/mol. The number of nitrogens with two attached hydrogens (primary N) is 1. The molecule has 6 rings (SSSR count). The van der Waals surface area contributed by atoms with Crippen molar-refractivity contribution < 1.29 is 48.3 Å². The second kappa shape index (κ2) is 13.3. The van der Waals surface area contributed by atoms with Crippen molar-refractivity contribution in [3.63, 3.8) is 0 Å². The number of hydrogen-bond donors (Lipinski definition) is 3. The Morgan fingerprint density at radius 1 is 0.875 bits per heavy atom. The Morgan fingerprint density at radius 2 is 1.45 bits per heavy atom. The molecule has 11 nitrogen and oxygen atoms in total. The Balaban J connectivity index is 1.63. The van der Waals surface area contributed by atoms with Gasteiger partial charge < -0.3 is 34.9 Å². The van der Waals surface area contributed by atoms with Crippen LogP contribution < -0.4 is 5.73 Å². The van der Waals surface area contributed by atoms with Crippen molar-refractivity contribution in [1.29, 1.82) is 0 Å². The lowest BCUT2D eigenvalue weighted by atomic mass is 9.36. The molecule has 56 heavy (non-hydrogen) atoms. The van der Waals surface area contributed by atoms with E-state index in [0.29, 0.717) is 16.7 Å². The molecule has 2 aromatic rings. The fraction of sp³-hybridized carbons (Fsp3) is 0.511. The standard InChI is InChI=1S/C45H55NO10/c1-25-26(2)41(9)22-31(48)27(3)43(11)39(5,6)42(10,56-38(51)33(49)32(46)29-18-14-12-15-19-29)23-45(52,40(43,7)8)36(54-37(50)30-20-16-13-17-21-30)34(41)44(55-28(4)47)24-53-35(25)44/h12-21,32-36,49,52H,1-3,22-24,46H2,4-11H3/t32?,33?,34?,35-,36?,41-,42?,43+,44-,45-/m1/s1. The molecule has 1 heterocycles. The molecule has 0 spiro atoms. The zero-order valence-electron chi connectivity index (χ0n) is 33.6. The molecule has 300 valence electrons. The van der Waals surface area contributed by atoms with E-state index in [1.807, 2.05) is 13.8 Å². The van der Waals surface area contributed by atoms with Crippen LogP contribution in [-0.4, -0.2) is 75.6 Å². The molecule has 2 bridgehead atoms. The summed E-state index contributed by atoms with van der Waals surface area (Å²) in [7, 11) is 0. The molecule has 4 aliphatic rings. The Hall–Kier alpha value is -4.42. The largest absolute Gasteiger partial charge is 0.457 e. The lowest BCUT2D eigenvalue weighted by Gasteiger charge is -2.72. The van der Waals surface area contributed by atoms with E-state index in [2.05, 4.69) is 19.7 Å². The number of ether oxygens (including phenoxy) is 4. The molecule has 10 atom stereocenters. The first-order valence-electron chi connectivity index (χ1n) is 19.0. The molecule has 3 aliphatic carbocycles. The third-order valence-corrected chi connectivity index (χ3v) is 14.9. The highest BCUT2D eigenvalue weighted by molar-refractivity contribution is 5.97. The summed E-state index contributed by atoms with van der Waals surface area (Å²) < 4.78 is 25.3. The predicted molar refractivity (Wildman–Crippen MR) is 208 cm³/mol. The Labute approximate surface area is 328 Å². The third kappa shape index (κ3) is 5.45. The second-order valence-corrected chi connectivity index (χ2v) is 17.9. The molecule has 0 radical (unpaired) electrons. The summed E-state index contributed by atoms with van der Waals surface area (Å²) in [5.74, 6) is -4.04. The zero-order chi connectivity index (χ0) is 41.6. The minimum Gasteiger partial charge on any atom is -0.457 e. The molecule has 4 N–H and O–H groups in total. The summed E-state index contributed by atoms with van der Waals surface area (Å²) >= 11 is 0. The first-order valence-corrected chi connectivity index (χ1v) is 19.0. The maximum absolute atomic E-state index is 15.0. The van der Waals surface area contributed by atoms with Crippen molar-refractivity contribution in [1.82, 2.24) is 0 Å². The number of hydrogen-bond acceptors (Lipinski definition) is 11. The first-order chi connectivity index (χ1) is 25.9. The fourth-order valence-electron chi connectivity index (χ4n) is 10.7. The van der Waals surface area contributed by atoms with Crippen LogP contribution in [0.15, 0.2) is 97.1 Å². The van der Waals surface area contributed by atoms with Crippen LogP contribution in [0.3, 0.4) is 0 Å². The van der Waals surface area contributed by atoms with Gasteiger partial charge in [-0.15, -0.1) is 0 Å². The minimum atomic E-state index is -2.20. The van der Waals surface area contributed by atoms with Gasteiger partial charge in [0, 0.05) is 41.4 Å². The topological polar surface area (TPSA) is 172 Å². The molecule has 1 aliphatic heterocycles. The van der Waals surface area contributed by atoms with Gasteiger partial charge in [-0.05, 0) is 41.3 Å².